The van der Waals surface area contributed by atoms with E-state index >= 15 is 0 Å². The summed E-state index contributed by atoms with van der Waals surface area (Å²) in [6.45, 7) is 3.95. The zero-order chi connectivity index (χ0) is 20.4. The number of aliphatic hydroxyl groups excluding tert-OH is 1. The number of aliphatic hydroxyl groups is 1. The Morgan fingerprint density at radius 1 is 1.34 bits per heavy atom. The van der Waals surface area contributed by atoms with Gasteiger partial charge in [0.15, 0.2) is 0 Å². The Morgan fingerprint density at radius 3 is 2.83 bits per heavy atom. The van der Waals surface area contributed by atoms with Gasteiger partial charge in [-0.05, 0) is 45.7 Å². The van der Waals surface area contributed by atoms with Crippen LogP contribution in [0.25, 0.3) is 0 Å². The molecule has 8 nitrogen and oxygen atoms in total. The van der Waals surface area contributed by atoms with Crippen LogP contribution in [0, 0.1) is 0 Å². The molecule has 0 bridgehead atoms. The Bertz CT molecular complexity index is 836. The van der Waals surface area contributed by atoms with Gasteiger partial charge in [0.1, 0.15) is 5.82 Å². The summed E-state index contributed by atoms with van der Waals surface area (Å²) in [6, 6.07) is -0.202. The van der Waals surface area contributed by atoms with Crippen LogP contribution in [0.4, 0.5) is 16.6 Å². The largest absolute Gasteiger partial charge is 0.394 e. The van der Waals surface area contributed by atoms with Crippen LogP contribution in [0.1, 0.15) is 38.2 Å². The maximum Gasteiger partial charge on any atom is 0.330 e. The number of urea groups is 1. The zero-order valence-electron chi connectivity index (χ0n) is 16.6. The molecule has 2 amide bonds. The quantitative estimate of drug-likeness (QED) is 0.680. The molecule has 1 aromatic heterocycles. The summed E-state index contributed by atoms with van der Waals surface area (Å²) in [6.07, 6.45) is 9.25. The van der Waals surface area contributed by atoms with Gasteiger partial charge in [0.05, 0.1) is 23.9 Å². The van der Waals surface area contributed by atoms with Crippen LogP contribution < -0.4 is 15.5 Å². The van der Waals surface area contributed by atoms with Gasteiger partial charge in [0, 0.05) is 23.8 Å². The number of carbonyl (C=O) groups excluding carboxylic acids is 1. The van der Waals surface area contributed by atoms with Crippen LogP contribution in [-0.4, -0.2) is 57.8 Å². The summed E-state index contributed by atoms with van der Waals surface area (Å²) < 4.78 is 0. The van der Waals surface area contributed by atoms with Gasteiger partial charge in [-0.15, -0.1) is 0 Å². The number of rotatable bonds is 5. The van der Waals surface area contributed by atoms with Gasteiger partial charge < -0.3 is 15.7 Å². The number of aromatic nitrogens is 2. The van der Waals surface area contributed by atoms with E-state index in [9.17, 15) is 9.90 Å². The minimum atomic E-state index is -0.174. The second kappa shape index (κ2) is 8.69. The van der Waals surface area contributed by atoms with Crippen molar-refractivity contribution in [3.8, 4) is 0 Å². The minimum Gasteiger partial charge on any atom is -0.394 e. The molecular formula is C20H27ClN6O2. The monoisotopic (exact) mass is 418 g/mol. The molecule has 0 radical (unpaired) electrons. The van der Waals surface area contributed by atoms with Crippen molar-refractivity contribution < 1.29 is 9.90 Å². The van der Waals surface area contributed by atoms with E-state index < -0.39 is 0 Å². The molecule has 156 valence electrons. The number of carbonyl (C=O) groups is 1. The first kappa shape index (κ1) is 20.1. The van der Waals surface area contributed by atoms with E-state index in [2.05, 4.69) is 20.6 Å². The third kappa shape index (κ3) is 4.10. The highest BCUT2D eigenvalue weighted by Gasteiger charge is 2.39. The number of hydrogen-bond acceptors (Lipinski definition) is 6. The molecule has 29 heavy (non-hydrogen) atoms. The lowest BCUT2D eigenvalue weighted by molar-refractivity contribution is 0.208. The maximum absolute atomic E-state index is 13.6. The van der Waals surface area contributed by atoms with Gasteiger partial charge in [0.2, 0.25) is 5.95 Å². The van der Waals surface area contributed by atoms with E-state index in [-0.39, 0.29) is 24.7 Å². The van der Waals surface area contributed by atoms with Crippen LogP contribution in [-0.2, 0) is 6.54 Å². The van der Waals surface area contributed by atoms with E-state index in [4.69, 9.17) is 11.6 Å². The molecule has 4 rings (SSSR count). The number of hydrogen-bond donors (Lipinski definition) is 3. The summed E-state index contributed by atoms with van der Waals surface area (Å²) in [5.74, 6) is 1.07. The lowest BCUT2D eigenvalue weighted by Gasteiger charge is -2.42. The van der Waals surface area contributed by atoms with E-state index in [0.29, 0.717) is 23.3 Å². The molecule has 1 unspecified atom stereocenters. The van der Waals surface area contributed by atoms with E-state index in [0.717, 1.165) is 50.0 Å². The molecule has 1 fully saturated rings. The molecule has 1 aromatic rings. The number of fused-ring (bicyclic) bond motifs is 1. The average Bonchev–Trinajstić information content (AvgIpc) is 2.74. The fourth-order valence-corrected chi connectivity index (χ4v) is 4.25. The van der Waals surface area contributed by atoms with Gasteiger partial charge in [-0.25, -0.2) is 9.78 Å². The summed E-state index contributed by atoms with van der Waals surface area (Å²) >= 11 is 6.45. The van der Waals surface area contributed by atoms with Crippen LogP contribution in [0.15, 0.2) is 29.1 Å². The number of piperidine rings is 1. The summed E-state index contributed by atoms with van der Waals surface area (Å²) in [4.78, 5) is 26.2. The smallest absolute Gasteiger partial charge is 0.330 e. The molecule has 3 N–H and O–H groups in total. The Balaban J connectivity index is 1.72. The van der Waals surface area contributed by atoms with E-state index in [1.165, 1.54) is 0 Å². The molecule has 1 saturated heterocycles. The molecule has 1 aliphatic carbocycles. The Kier molecular flexibility index (Phi) is 6.03. The van der Waals surface area contributed by atoms with Gasteiger partial charge in [-0.3, -0.25) is 9.80 Å². The fraction of sp³-hybridized carbons (Fsp3) is 0.550. The van der Waals surface area contributed by atoms with Gasteiger partial charge in [-0.1, -0.05) is 23.8 Å². The van der Waals surface area contributed by atoms with Gasteiger partial charge >= 0.3 is 6.03 Å². The predicted octanol–water partition coefficient (Wildman–Crippen LogP) is 2.56. The molecule has 1 atom stereocenters. The van der Waals surface area contributed by atoms with Crippen molar-refractivity contribution in [1.82, 2.24) is 20.2 Å². The number of nitrogens with zero attached hydrogens (tertiary/aromatic N) is 4. The third-order valence-electron chi connectivity index (χ3n) is 5.52. The van der Waals surface area contributed by atoms with Crippen LogP contribution in [0.2, 0.25) is 0 Å². The second-order valence-corrected chi connectivity index (χ2v) is 8.12. The first-order valence-electron chi connectivity index (χ1n) is 10.2. The SMILES string of the molecule is CC(CO)Nc1ncc2c(n1)N(C1CCNCC1)C(=O)N(C1=CCCC=C1Cl)C2. The molecule has 0 saturated carbocycles. The highest BCUT2D eigenvalue weighted by Crippen LogP contribution is 2.36. The standard InChI is InChI=1S/C20H27ClN6O2/c1-13(12-28)24-19-23-10-14-11-26(17-5-3-2-4-16(17)21)20(29)27(18(14)25-19)15-6-8-22-9-7-15/h4-5,10,13,15,22,28H,2-3,6-9,11-12H2,1H3,(H,23,24,25). The highest BCUT2D eigenvalue weighted by atomic mass is 35.5. The van der Waals surface area contributed by atoms with Crippen molar-refractivity contribution >= 4 is 29.4 Å². The molecule has 9 heteroatoms. The number of anilines is 2. The van der Waals surface area contributed by atoms with Gasteiger partial charge in [0.25, 0.3) is 0 Å². The lowest BCUT2D eigenvalue weighted by Crippen LogP contribution is -2.54. The van der Waals surface area contributed by atoms with Crippen LogP contribution in [0.3, 0.4) is 0 Å². The Hall–Kier alpha value is -2.16. The predicted molar refractivity (Wildman–Crippen MR) is 113 cm³/mol. The van der Waals surface area contributed by atoms with E-state index in [1.54, 1.807) is 11.1 Å². The summed E-state index contributed by atoms with van der Waals surface area (Å²) in [5.41, 5.74) is 1.66. The molecule has 0 aromatic carbocycles. The van der Waals surface area contributed by atoms with Crippen LogP contribution >= 0.6 is 11.6 Å². The molecule has 3 aliphatic rings. The normalized spacial score (nSPS) is 21.4. The first-order valence-corrected chi connectivity index (χ1v) is 10.6. The summed E-state index contributed by atoms with van der Waals surface area (Å²) in [7, 11) is 0. The van der Waals surface area contributed by atoms with Crippen molar-refractivity contribution in [2.24, 2.45) is 0 Å². The number of nitrogens with one attached hydrogen (secondary N) is 2. The topological polar surface area (TPSA) is 93.6 Å². The van der Waals surface area contributed by atoms with Crippen molar-refractivity contribution in [3.63, 3.8) is 0 Å². The Labute approximate surface area is 175 Å². The molecular weight excluding hydrogens is 392 g/mol. The van der Waals surface area contributed by atoms with Crippen molar-refractivity contribution in [1.29, 1.82) is 0 Å². The Morgan fingerprint density at radius 2 is 2.10 bits per heavy atom. The average molecular weight is 419 g/mol. The minimum absolute atomic E-state index is 0.0237. The van der Waals surface area contributed by atoms with Gasteiger partial charge in [-0.2, -0.15) is 4.98 Å². The third-order valence-corrected chi connectivity index (χ3v) is 5.87. The molecule has 3 heterocycles. The van der Waals surface area contributed by atoms with E-state index in [1.807, 2.05) is 24.0 Å². The van der Waals surface area contributed by atoms with Crippen molar-refractivity contribution in [3.05, 3.63) is 34.6 Å². The first-order chi connectivity index (χ1) is 14.1. The zero-order valence-corrected chi connectivity index (χ0v) is 17.3. The lowest BCUT2D eigenvalue weighted by atomic mass is 10.0. The van der Waals surface area contributed by atoms with Crippen molar-refractivity contribution in [2.75, 3.05) is 29.9 Å². The maximum atomic E-state index is 13.6. The van der Waals surface area contributed by atoms with Crippen molar-refractivity contribution in [2.45, 2.75) is 51.2 Å². The number of halogens is 1. The van der Waals surface area contributed by atoms with Crippen LogP contribution in [0.5, 0.6) is 0 Å². The number of allylic oxidation sites excluding steroid dienone is 3. The molecule has 0 spiro atoms. The second-order valence-electron chi connectivity index (χ2n) is 7.71. The summed E-state index contributed by atoms with van der Waals surface area (Å²) in [5, 5.41) is 16.4. The molecule has 2 aliphatic heterocycles. The fourth-order valence-electron chi connectivity index (χ4n) is 3.97. The highest BCUT2D eigenvalue weighted by molar-refractivity contribution is 6.32. The number of amides is 2.